The fraction of sp³-hybridized carbons (Fsp3) is 0.500. The summed E-state index contributed by atoms with van der Waals surface area (Å²) in [6.07, 6.45) is -4.78. The Morgan fingerprint density at radius 2 is 2.10 bits per heavy atom. The fourth-order valence-electron chi connectivity index (χ4n) is 2.19. The summed E-state index contributed by atoms with van der Waals surface area (Å²) in [7, 11) is 0. The third-order valence-electron chi connectivity index (χ3n) is 3.30. The quantitative estimate of drug-likeness (QED) is 0.906. The number of amides is 2. The lowest BCUT2D eigenvalue weighted by Gasteiger charge is -2.19. The van der Waals surface area contributed by atoms with Crippen molar-refractivity contribution in [2.75, 3.05) is 11.4 Å². The highest BCUT2D eigenvalue weighted by Gasteiger charge is 2.43. The Labute approximate surface area is 113 Å². The molecule has 1 aliphatic rings. The number of carbonyl (C=O) groups is 1. The number of nitrogens with zero attached hydrogens (tertiary/aromatic N) is 3. The molecule has 1 N–H and O–H groups in total. The molecule has 0 radical (unpaired) electrons. The summed E-state index contributed by atoms with van der Waals surface area (Å²) >= 11 is 0. The molecular formula is C12H14F3N3O2. The van der Waals surface area contributed by atoms with E-state index in [-0.39, 0.29) is 5.82 Å². The van der Waals surface area contributed by atoms with E-state index in [4.69, 9.17) is 0 Å². The number of likely N-dealkylation sites (N-methyl/N-ethyl adjacent to an activating group) is 1. The second-order valence-electron chi connectivity index (χ2n) is 4.49. The monoisotopic (exact) mass is 289 g/mol. The van der Waals surface area contributed by atoms with Gasteiger partial charge in [0.2, 0.25) is 0 Å². The highest BCUT2D eigenvalue weighted by atomic mass is 19.4. The molecular weight excluding hydrogens is 275 g/mol. The number of anilines is 1. The van der Waals surface area contributed by atoms with Crippen LogP contribution in [0.1, 0.15) is 19.4 Å². The molecule has 0 bridgehead atoms. The molecule has 0 aromatic carbocycles. The summed E-state index contributed by atoms with van der Waals surface area (Å²) in [5.74, 6) is -0.208. The van der Waals surface area contributed by atoms with Crippen molar-refractivity contribution < 1.29 is 23.1 Å². The molecule has 5 nitrogen and oxygen atoms in total. The number of aliphatic hydroxyl groups excluding tert-OH is 1. The third-order valence-corrected chi connectivity index (χ3v) is 3.30. The van der Waals surface area contributed by atoms with Crippen molar-refractivity contribution >= 4 is 11.8 Å². The maximum absolute atomic E-state index is 12.7. The van der Waals surface area contributed by atoms with Gasteiger partial charge in [0.05, 0.1) is 11.6 Å². The van der Waals surface area contributed by atoms with Crippen molar-refractivity contribution in [3.63, 3.8) is 0 Å². The number of hydrogen-bond acceptors (Lipinski definition) is 3. The summed E-state index contributed by atoms with van der Waals surface area (Å²) < 4.78 is 38.0. The summed E-state index contributed by atoms with van der Waals surface area (Å²) in [6, 6.07) is 0.507. The molecule has 1 fully saturated rings. The van der Waals surface area contributed by atoms with Crippen LogP contribution in [0.5, 0.6) is 0 Å². The zero-order valence-corrected chi connectivity index (χ0v) is 10.9. The van der Waals surface area contributed by atoms with Crippen LogP contribution in [-0.4, -0.2) is 39.8 Å². The minimum atomic E-state index is -4.53. The van der Waals surface area contributed by atoms with Crippen LogP contribution in [0.15, 0.2) is 18.3 Å². The van der Waals surface area contributed by atoms with Gasteiger partial charge in [-0.2, -0.15) is 13.2 Å². The van der Waals surface area contributed by atoms with Gasteiger partial charge in [-0.05, 0) is 26.0 Å². The molecule has 1 aromatic heterocycles. The number of halogens is 3. The molecule has 0 aliphatic carbocycles. The lowest BCUT2D eigenvalue weighted by atomic mass is 10.2. The lowest BCUT2D eigenvalue weighted by Crippen LogP contribution is -2.36. The highest BCUT2D eigenvalue weighted by molar-refractivity contribution is 5.94. The zero-order valence-electron chi connectivity index (χ0n) is 10.9. The van der Waals surface area contributed by atoms with Gasteiger partial charge in [0, 0.05) is 12.7 Å². The van der Waals surface area contributed by atoms with Crippen LogP contribution in [-0.2, 0) is 6.18 Å². The van der Waals surface area contributed by atoms with Crippen LogP contribution < -0.4 is 4.90 Å². The van der Waals surface area contributed by atoms with Crippen LogP contribution in [0, 0.1) is 0 Å². The smallest absolute Gasteiger partial charge is 0.371 e. The molecule has 2 unspecified atom stereocenters. The minimum absolute atomic E-state index is 0.208. The molecule has 0 saturated carbocycles. The zero-order chi connectivity index (χ0) is 15.1. The number of hydrogen-bond donors (Lipinski definition) is 1. The third kappa shape index (κ3) is 2.31. The summed E-state index contributed by atoms with van der Waals surface area (Å²) in [6.45, 7) is 3.70. The number of aliphatic hydroxyl groups is 1. The highest BCUT2D eigenvalue weighted by Crippen LogP contribution is 2.33. The Bertz CT molecular complexity index is 521. The molecule has 2 amide bonds. The Morgan fingerprint density at radius 1 is 1.45 bits per heavy atom. The topological polar surface area (TPSA) is 56.7 Å². The summed E-state index contributed by atoms with van der Waals surface area (Å²) in [4.78, 5) is 18.1. The van der Waals surface area contributed by atoms with Crippen molar-refractivity contribution in [1.82, 2.24) is 9.88 Å². The number of alkyl halides is 3. The van der Waals surface area contributed by atoms with Gasteiger partial charge in [-0.25, -0.2) is 14.7 Å². The molecule has 1 aromatic rings. The van der Waals surface area contributed by atoms with E-state index in [1.807, 2.05) is 0 Å². The van der Waals surface area contributed by atoms with Crippen molar-refractivity contribution in [3.8, 4) is 0 Å². The van der Waals surface area contributed by atoms with E-state index in [1.165, 1.54) is 4.90 Å². The van der Waals surface area contributed by atoms with Crippen molar-refractivity contribution in [2.45, 2.75) is 32.3 Å². The average molecular weight is 289 g/mol. The fourth-order valence-corrected chi connectivity index (χ4v) is 2.19. The predicted octanol–water partition coefficient (Wildman–Crippen LogP) is 2.07. The first-order chi connectivity index (χ1) is 9.27. The maximum Gasteiger partial charge on any atom is 0.416 e. The van der Waals surface area contributed by atoms with Gasteiger partial charge in [0.1, 0.15) is 5.82 Å². The van der Waals surface area contributed by atoms with Gasteiger partial charge < -0.3 is 10.0 Å². The second-order valence-corrected chi connectivity index (χ2v) is 4.49. The standard InChI is InChI=1S/C12H14F3N3O2/c1-3-17-7(2)10(19)18(11(17)20)9-6-8(4-5-16-9)12(13,14)15/h4-7,10,19H,3H2,1-2H3. The van der Waals surface area contributed by atoms with E-state index in [1.54, 1.807) is 13.8 Å². The lowest BCUT2D eigenvalue weighted by molar-refractivity contribution is -0.137. The summed E-state index contributed by atoms with van der Waals surface area (Å²) in [5, 5.41) is 10.0. The summed E-state index contributed by atoms with van der Waals surface area (Å²) in [5.41, 5.74) is -0.912. The number of rotatable bonds is 2. The Kier molecular flexibility index (Phi) is 3.59. The van der Waals surface area contributed by atoms with E-state index in [9.17, 15) is 23.1 Å². The SMILES string of the molecule is CCN1C(=O)N(c2cc(C(F)(F)F)ccn2)C(O)C1C. The van der Waals surface area contributed by atoms with Crippen molar-refractivity contribution in [3.05, 3.63) is 23.9 Å². The van der Waals surface area contributed by atoms with Gasteiger partial charge >= 0.3 is 12.2 Å². The second kappa shape index (κ2) is 4.93. The number of urea groups is 1. The Hall–Kier alpha value is -1.83. The van der Waals surface area contributed by atoms with E-state index in [2.05, 4.69) is 4.98 Å². The first-order valence-corrected chi connectivity index (χ1v) is 6.08. The number of pyridine rings is 1. The molecule has 0 spiro atoms. The van der Waals surface area contributed by atoms with Crippen molar-refractivity contribution in [2.24, 2.45) is 0 Å². The first kappa shape index (κ1) is 14.6. The van der Waals surface area contributed by atoms with Crippen LogP contribution in [0.4, 0.5) is 23.8 Å². The molecule has 1 aliphatic heterocycles. The molecule has 110 valence electrons. The average Bonchev–Trinajstić information content (AvgIpc) is 2.59. The Balaban J connectivity index is 2.39. The van der Waals surface area contributed by atoms with Crippen LogP contribution in [0.2, 0.25) is 0 Å². The normalized spacial score (nSPS) is 23.6. The first-order valence-electron chi connectivity index (χ1n) is 6.08. The van der Waals surface area contributed by atoms with Gasteiger partial charge in [0.25, 0.3) is 0 Å². The van der Waals surface area contributed by atoms with Gasteiger partial charge in [-0.15, -0.1) is 0 Å². The van der Waals surface area contributed by atoms with E-state index in [0.29, 0.717) is 6.54 Å². The Morgan fingerprint density at radius 3 is 2.60 bits per heavy atom. The number of carbonyl (C=O) groups excluding carboxylic acids is 1. The van der Waals surface area contributed by atoms with Crippen LogP contribution >= 0.6 is 0 Å². The predicted molar refractivity (Wildman–Crippen MR) is 65.0 cm³/mol. The molecule has 1 saturated heterocycles. The van der Waals surface area contributed by atoms with Crippen molar-refractivity contribution in [1.29, 1.82) is 0 Å². The van der Waals surface area contributed by atoms with E-state index in [0.717, 1.165) is 23.2 Å². The maximum atomic E-state index is 12.7. The molecule has 20 heavy (non-hydrogen) atoms. The van der Waals surface area contributed by atoms with Gasteiger partial charge in [-0.3, -0.25) is 0 Å². The molecule has 2 heterocycles. The van der Waals surface area contributed by atoms with Crippen LogP contribution in [0.25, 0.3) is 0 Å². The van der Waals surface area contributed by atoms with Gasteiger partial charge in [-0.1, -0.05) is 0 Å². The molecule has 2 rings (SSSR count). The number of aromatic nitrogens is 1. The van der Waals surface area contributed by atoms with E-state index >= 15 is 0 Å². The van der Waals surface area contributed by atoms with Gasteiger partial charge in [0.15, 0.2) is 6.23 Å². The van der Waals surface area contributed by atoms with E-state index < -0.39 is 30.0 Å². The van der Waals surface area contributed by atoms with Crippen LogP contribution in [0.3, 0.4) is 0 Å². The molecule has 2 atom stereocenters. The largest absolute Gasteiger partial charge is 0.416 e. The minimum Gasteiger partial charge on any atom is -0.371 e. The molecule has 8 heteroatoms.